The number of hydrogen-bond acceptors (Lipinski definition) is 5. The zero-order chi connectivity index (χ0) is 17.3. The lowest BCUT2D eigenvalue weighted by Gasteiger charge is -2.17. The highest BCUT2D eigenvalue weighted by atomic mass is 32.2. The van der Waals surface area contributed by atoms with Crippen molar-refractivity contribution in [2.24, 2.45) is 0 Å². The summed E-state index contributed by atoms with van der Waals surface area (Å²) >= 11 is 0. The Bertz CT molecular complexity index is 909. The highest BCUT2D eigenvalue weighted by Gasteiger charge is 2.35. The molecule has 2 heterocycles. The monoisotopic (exact) mass is 353 g/mol. The van der Waals surface area contributed by atoms with Gasteiger partial charge in [-0.3, -0.25) is 0 Å². The molecule has 24 heavy (non-hydrogen) atoms. The molecule has 0 saturated carbocycles. The molecule has 1 atom stereocenters. The van der Waals surface area contributed by atoms with Crippen molar-refractivity contribution in [2.45, 2.75) is 24.3 Å². The van der Waals surface area contributed by atoms with E-state index in [9.17, 15) is 17.6 Å². The van der Waals surface area contributed by atoms with Crippen LogP contribution in [0.1, 0.15) is 12.2 Å². The summed E-state index contributed by atoms with van der Waals surface area (Å²) in [6.07, 6.45) is 0.0419. The van der Waals surface area contributed by atoms with Crippen molar-refractivity contribution < 1.29 is 22.0 Å². The molecule has 1 aromatic heterocycles. The maximum atomic E-state index is 13.8. The van der Waals surface area contributed by atoms with Crippen LogP contribution in [0.25, 0.3) is 0 Å². The van der Waals surface area contributed by atoms with E-state index in [2.05, 4.69) is 0 Å². The summed E-state index contributed by atoms with van der Waals surface area (Å²) in [5, 5.41) is 0. The summed E-state index contributed by atoms with van der Waals surface area (Å²) in [6, 6.07) is 8.05. The van der Waals surface area contributed by atoms with Gasteiger partial charge in [-0.15, -0.1) is 0 Å². The molecule has 8 heteroatoms. The molecule has 1 aliphatic rings. The Morgan fingerprint density at radius 1 is 1.29 bits per heavy atom. The normalized spacial score (nSPS) is 18.7. The van der Waals surface area contributed by atoms with Gasteiger partial charge in [-0.05, 0) is 25.5 Å². The molecule has 1 unspecified atom stereocenters. The van der Waals surface area contributed by atoms with Gasteiger partial charge in [-0.25, -0.2) is 17.6 Å². The molecule has 0 radical (unpaired) electrons. The topological polar surface area (TPSA) is 76.8 Å². The van der Waals surface area contributed by atoms with E-state index < -0.39 is 27.6 Å². The second-order valence-electron chi connectivity index (χ2n) is 5.54. The lowest BCUT2D eigenvalue weighted by Crippen LogP contribution is -2.31. The summed E-state index contributed by atoms with van der Waals surface area (Å²) in [5.41, 5.74) is -0.529. The molecular weight excluding hydrogens is 337 g/mol. The maximum absolute atomic E-state index is 13.8. The Labute approximate surface area is 138 Å². The Balaban J connectivity index is 1.75. The molecule has 1 aliphatic heterocycles. The van der Waals surface area contributed by atoms with Crippen LogP contribution in [0.5, 0.6) is 5.75 Å². The first-order valence-corrected chi connectivity index (χ1v) is 8.83. The van der Waals surface area contributed by atoms with Gasteiger partial charge in [0.1, 0.15) is 28.3 Å². The quantitative estimate of drug-likeness (QED) is 0.839. The lowest BCUT2D eigenvalue weighted by molar-refractivity contribution is 0.213. The van der Waals surface area contributed by atoms with Gasteiger partial charge in [-0.2, -0.15) is 4.31 Å². The van der Waals surface area contributed by atoms with Crippen LogP contribution in [-0.2, 0) is 10.0 Å². The predicted octanol–water partition coefficient (Wildman–Crippen LogP) is 1.93. The molecule has 0 bridgehead atoms. The summed E-state index contributed by atoms with van der Waals surface area (Å²) in [5.74, 6) is -0.0385. The molecule has 1 aromatic carbocycles. The Morgan fingerprint density at radius 2 is 2.04 bits per heavy atom. The number of benzene rings is 1. The van der Waals surface area contributed by atoms with E-state index in [-0.39, 0.29) is 18.0 Å². The largest absolute Gasteiger partial charge is 0.489 e. The number of aryl methyl sites for hydroxylation is 1. The molecule has 2 aromatic rings. The van der Waals surface area contributed by atoms with E-state index >= 15 is 0 Å². The average Bonchev–Trinajstić information content (AvgIpc) is 2.95. The Kier molecular flexibility index (Phi) is 4.42. The second-order valence-corrected chi connectivity index (χ2v) is 7.45. The van der Waals surface area contributed by atoms with Crippen LogP contribution in [0, 0.1) is 12.7 Å². The number of rotatable bonds is 4. The summed E-state index contributed by atoms with van der Waals surface area (Å²) in [6.45, 7) is 1.94. The molecule has 128 valence electrons. The van der Waals surface area contributed by atoms with Gasteiger partial charge in [0.25, 0.3) is 0 Å². The Hall–Kier alpha value is -2.19. The van der Waals surface area contributed by atoms with Gasteiger partial charge in [-0.1, -0.05) is 12.1 Å². The van der Waals surface area contributed by atoms with Gasteiger partial charge in [0.2, 0.25) is 10.0 Å². The fraction of sp³-hybridized carbons (Fsp3) is 0.312. The van der Waals surface area contributed by atoms with Crippen molar-refractivity contribution in [3.05, 3.63) is 58.4 Å². The van der Waals surface area contributed by atoms with E-state index in [1.165, 1.54) is 28.6 Å². The third-order valence-electron chi connectivity index (χ3n) is 3.73. The molecule has 3 rings (SSSR count). The summed E-state index contributed by atoms with van der Waals surface area (Å²) < 4.78 is 50.5. The molecule has 6 nitrogen and oxygen atoms in total. The first kappa shape index (κ1) is 16.7. The minimum Gasteiger partial charge on any atom is -0.489 e. The fourth-order valence-corrected chi connectivity index (χ4v) is 4.19. The molecule has 0 N–H and O–H groups in total. The zero-order valence-corrected chi connectivity index (χ0v) is 13.8. The first-order valence-electron chi connectivity index (χ1n) is 7.39. The van der Waals surface area contributed by atoms with Crippen LogP contribution in [0.15, 0.2) is 50.5 Å². The first-order chi connectivity index (χ1) is 11.4. The minimum atomic E-state index is -3.91. The Morgan fingerprint density at radius 3 is 2.75 bits per heavy atom. The summed E-state index contributed by atoms with van der Waals surface area (Å²) in [4.78, 5) is 11.0. The minimum absolute atomic E-state index is 0.0932. The van der Waals surface area contributed by atoms with E-state index in [1.807, 2.05) is 0 Å². The number of hydrogen-bond donors (Lipinski definition) is 0. The molecule has 1 saturated heterocycles. The standard InChI is InChI=1S/C16H16FNO5S/c1-11-8-13(9-16(19)22-11)23-12-6-7-18(10-12)24(20,21)15-5-3-2-4-14(15)17/h2-5,8-9,12H,6-7,10H2,1H3. The molecule has 0 amide bonds. The van der Waals surface area contributed by atoms with Gasteiger partial charge < -0.3 is 9.15 Å². The SMILES string of the molecule is Cc1cc(OC2CCN(S(=O)(=O)c3ccccc3F)C2)cc(=O)o1. The molecule has 0 spiro atoms. The van der Waals surface area contributed by atoms with Gasteiger partial charge in [0, 0.05) is 12.6 Å². The highest BCUT2D eigenvalue weighted by molar-refractivity contribution is 7.89. The third kappa shape index (κ3) is 3.34. The van der Waals surface area contributed by atoms with Crippen LogP contribution in [0.2, 0.25) is 0 Å². The van der Waals surface area contributed by atoms with Crippen LogP contribution in [0.4, 0.5) is 4.39 Å². The number of nitrogens with zero attached hydrogens (tertiary/aromatic N) is 1. The van der Waals surface area contributed by atoms with Crippen molar-refractivity contribution in [1.29, 1.82) is 0 Å². The van der Waals surface area contributed by atoms with E-state index in [0.717, 1.165) is 6.07 Å². The van der Waals surface area contributed by atoms with Crippen molar-refractivity contribution in [3.8, 4) is 5.75 Å². The van der Waals surface area contributed by atoms with Gasteiger partial charge in [0.15, 0.2) is 0 Å². The van der Waals surface area contributed by atoms with Crippen molar-refractivity contribution in [1.82, 2.24) is 4.31 Å². The molecular formula is C16H16FNO5S. The van der Waals surface area contributed by atoms with Crippen LogP contribution < -0.4 is 10.4 Å². The smallest absolute Gasteiger partial charge is 0.339 e. The van der Waals surface area contributed by atoms with Crippen LogP contribution >= 0.6 is 0 Å². The van der Waals surface area contributed by atoms with E-state index in [4.69, 9.17) is 9.15 Å². The summed E-state index contributed by atoms with van der Waals surface area (Å²) in [7, 11) is -3.91. The number of halogens is 1. The number of sulfonamides is 1. The highest BCUT2D eigenvalue weighted by Crippen LogP contribution is 2.25. The molecule has 1 fully saturated rings. The average molecular weight is 353 g/mol. The maximum Gasteiger partial charge on any atom is 0.339 e. The zero-order valence-electron chi connectivity index (χ0n) is 12.9. The fourth-order valence-electron chi connectivity index (χ4n) is 2.64. The van der Waals surface area contributed by atoms with E-state index in [1.54, 1.807) is 13.0 Å². The van der Waals surface area contributed by atoms with Gasteiger partial charge in [0.05, 0.1) is 12.6 Å². The second kappa shape index (κ2) is 6.37. The van der Waals surface area contributed by atoms with Gasteiger partial charge >= 0.3 is 5.63 Å². The number of ether oxygens (including phenoxy) is 1. The third-order valence-corrected chi connectivity index (χ3v) is 5.63. The van der Waals surface area contributed by atoms with Crippen molar-refractivity contribution in [3.63, 3.8) is 0 Å². The predicted molar refractivity (Wildman–Crippen MR) is 83.9 cm³/mol. The van der Waals surface area contributed by atoms with Crippen LogP contribution in [-0.4, -0.2) is 31.9 Å². The lowest BCUT2D eigenvalue weighted by atomic mass is 10.3. The van der Waals surface area contributed by atoms with Crippen molar-refractivity contribution in [2.75, 3.05) is 13.1 Å². The van der Waals surface area contributed by atoms with Crippen molar-refractivity contribution >= 4 is 10.0 Å². The molecule has 0 aliphatic carbocycles. The van der Waals surface area contributed by atoms with Crippen LogP contribution in [0.3, 0.4) is 0 Å². The van der Waals surface area contributed by atoms with E-state index in [0.29, 0.717) is 17.9 Å².